The summed E-state index contributed by atoms with van der Waals surface area (Å²) < 4.78 is 11.9. The summed E-state index contributed by atoms with van der Waals surface area (Å²) in [6.45, 7) is 1.76. The maximum absolute atomic E-state index is 11.9. The van der Waals surface area contributed by atoms with E-state index in [1.165, 1.54) is 11.1 Å². The Labute approximate surface area is 85.1 Å². The van der Waals surface area contributed by atoms with Crippen molar-refractivity contribution in [2.24, 2.45) is 5.73 Å². The van der Waals surface area contributed by atoms with Crippen LogP contribution in [0.15, 0.2) is 24.3 Å². The molecular formula is C12H18FN. The minimum atomic E-state index is -0.235. The van der Waals surface area contributed by atoms with Gasteiger partial charge in [0.05, 0.1) is 6.67 Å². The molecule has 0 saturated carbocycles. The number of benzene rings is 1. The first kappa shape index (κ1) is 11.2. The first-order valence-electron chi connectivity index (χ1n) is 5.11. The van der Waals surface area contributed by atoms with Crippen LogP contribution in [0.5, 0.6) is 0 Å². The number of alkyl halides is 1. The summed E-state index contributed by atoms with van der Waals surface area (Å²) in [7, 11) is 0. The van der Waals surface area contributed by atoms with E-state index in [1.807, 2.05) is 6.92 Å². The second-order valence-electron chi connectivity index (χ2n) is 3.79. The van der Waals surface area contributed by atoms with E-state index in [9.17, 15) is 4.39 Å². The second-order valence-corrected chi connectivity index (χ2v) is 3.79. The number of aryl methyl sites for hydroxylation is 1. The fraction of sp³-hybridized carbons (Fsp3) is 0.500. The predicted molar refractivity (Wildman–Crippen MR) is 58.1 cm³/mol. The summed E-state index contributed by atoms with van der Waals surface area (Å²) in [6.07, 6.45) is 2.35. The van der Waals surface area contributed by atoms with Gasteiger partial charge in [-0.25, -0.2) is 0 Å². The van der Waals surface area contributed by atoms with Crippen molar-refractivity contribution in [1.82, 2.24) is 0 Å². The molecule has 1 aromatic rings. The van der Waals surface area contributed by atoms with Crippen molar-refractivity contribution in [2.45, 2.75) is 32.2 Å². The molecule has 78 valence electrons. The molecule has 0 spiro atoms. The quantitative estimate of drug-likeness (QED) is 0.767. The molecule has 0 fully saturated rings. The maximum Gasteiger partial charge on any atom is 0.0897 e. The van der Waals surface area contributed by atoms with Crippen molar-refractivity contribution < 1.29 is 4.39 Å². The lowest BCUT2D eigenvalue weighted by Crippen LogP contribution is -2.17. The molecule has 1 rings (SSSR count). The number of halogens is 1. The molecule has 14 heavy (non-hydrogen) atoms. The van der Waals surface area contributed by atoms with E-state index in [-0.39, 0.29) is 12.7 Å². The van der Waals surface area contributed by atoms with Gasteiger partial charge in [0.15, 0.2) is 0 Å². The Morgan fingerprint density at radius 2 is 1.79 bits per heavy atom. The van der Waals surface area contributed by atoms with Crippen LogP contribution in [0.1, 0.15) is 24.5 Å². The SMILES string of the molecule is CC(N)Cc1ccc(CCCF)cc1. The van der Waals surface area contributed by atoms with Crippen LogP contribution in [0.3, 0.4) is 0 Å². The topological polar surface area (TPSA) is 26.0 Å². The van der Waals surface area contributed by atoms with Crippen molar-refractivity contribution in [2.75, 3.05) is 6.67 Å². The normalized spacial score (nSPS) is 12.8. The van der Waals surface area contributed by atoms with Gasteiger partial charge in [-0.15, -0.1) is 0 Å². The highest BCUT2D eigenvalue weighted by Crippen LogP contribution is 2.08. The first-order valence-corrected chi connectivity index (χ1v) is 5.11. The van der Waals surface area contributed by atoms with E-state index >= 15 is 0 Å². The molecule has 1 atom stereocenters. The fourth-order valence-electron chi connectivity index (χ4n) is 1.48. The van der Waals surface area contributed by atoms with E-state index in [0.717, 1.165) is 12.8 Å². The lowest BCUT2D eigenvalue weighted by atomic mass is 10.0. The van der Waals surface area contributed by atoms with Gasteiger partial charge in [0, 0.05) is 6.04 Å². The van der Waals surface area contributed by atoms with Gasteiger partial charge in [-0.3, -0.25) is 4.39 Å². The molecule has 1 unspecified atom stereocenters. The van der Waals surface area contributed by atoms with Gasteiger partial charge in [0.25, 0.3) is 0 Å². The highest BCUT2D eigenvalue weighted by molar-refractivity contribution is 5.23. The average Bonchev–Trinajstić information content (AvgIpc) is 2.16. The summed E-state index contributed by atoms with van der Waals surface area (Å²) in [6, 6.07) is 8.49. The standard InChI is InChI=1S/C12H18FN/c1-10(14)9-12-6-4-11(5-7-12)3-2-8-13/h4-7,10H,2-3,8-9,14H2,1H3. The third kappa shape index (κ3) is 3.88. The number of hydrogen-bond acceptors (Lipinski definition) is 1. The molecule has 0 aliphatic heterocycles. The van der Waals surface area contributed by atoms with Crippen LogP contribution in [0.4, 0.5) is 4.39 Å². The number of rotatable bonds is 5. The Balaban J connectivity index is 2.50. The largest absolute Gasteiger partial charge is 0.328 e. The zero-order valence-electron chi connectivity index (χ0n) is 8.67. The molecule has 2 N–H and O–H groups in total. The minimum Gasteiger partial charge on any atom is -0.328 e. The average molecular weight is 195 g/mol. The molecule has 0 aliphatic carbocycles. The van der Waals surface area contributed by atoms with Gasteiger partial charge >= 0.3 is 0 Å². The summed E-state index contributed by atoms with van der Waals surface area (Å²) in [5.74, 6) is 0. The third-order valence-corrected chi connectivity index (χ3v) is 2.18. The third-order valence-electron chi connectivity index (χ3n) is 2.18. The second kappa shape index (κ2) is 5.76. The van der Waals surface area contributed by atoms with Gasteiger partial charge < -0.3 is 5.73 Å². The summed E-state index contributed by atoms with van der Waals surface area (Å²) in [5.41, 5.74) is 8.15. The highest BCUT2D eigenvalue weighted by atomic mass is 19.1. The predicted octanol–water partition coefficient (Wildman–Crippen LogP) is 2.48. The van der Waals surface area contributed by atoms with E-state index in [4.69, 9.17) is 5.73 Å². The fourth-order valence-corrected chi connectivity index (χ4v) is 1.48. The van der Waals surface area contributed by atoms with Crippen molar-refractivity contribution in [3.63, 3.8) is 0 Å². The Morgan fingerprint density at radius 1 is 1.21 bits per heavy atom. The van der Waals surface area contributed by atoms with Crippen LogP contribution in [0, 0.1) is 0 Å². The Hall–Kier alpha value is -0.890. The van der Waals surface area contributed by atoms with E-state index in [2.05, 4.69) is 24.3 Å². The van der Waals surface area contributed by atoms with E-state index in [0.29, 0.717) is 6.42 Å². The first-order chi connectivity index (χ1) is 6.72. The van der Waals surface area contributed by atoms with Crippen molar-refractivity contribution >= 4 is 0 Å². The molecule has 0 saturated heterocycles. The lowest BCUT2D eigenvalue weighted by Gasteiger charge is -2.06. The molecule has 0 aromatic heterocycles. The molecule has 0 bridgehead atoms. The summed E-state index contributed by atoms with van der Waals surface area (Å²) in [4.78, 5) is 0. The Kier molecular flexibility index (Phi) is 4.60. The highest BCUT2D eigenvalue weighted by Gasteiger charge is 1.98. The smallest absolute Gasteiger partial charge is 0.0897 e. The monoisotopic (exact) mass is 195 g/mol. The molecule has 0 heterocycles. The molecule has 2 heteroatoms. The molecule has 0 amide bonds. The van der Waals surface area contributed by atoms with Gasteiger partial charge in [-0.1, -0.05) is 24.3 Å². The van der Waals surface area contributed by atoms with Gasteiger partial charge in [-0.05, 0) is 37.3 Å². The Bertz CT molecular complexity index is 254. The van der Waals surface area contributed by atoms with Crippen LogP contribution in [-0.4, -0.2) is 12.7 Å². The molecule has 0 aliphatic rings. The van der Waals surface area contributed by atoms with E-state index < -0.39 is 0 Å². The molecule has 0 radical (unpaired) electrons. The van der Waals surface area contributed by atoms with Crippen LogP contribution in [0.25, 0.3) is 0 Å². The van der Waals surface area contributed by atoms with Crippen LogP contribution in [0.2, 0.25) is 0 Å². The van der Waals surface area contributed by atoms with Crippen molar-refractivity contribution in [3.8, 4) is 0 Å². The summed E-state index contributed by atoms with van der Waals surface area (Å²) in [5, 5.41) is 0. The van der Waals surface area contributed by atoms with Crippen LogP contribution in [-0.2, 0) is 12.8 Å². The van der Waals surface area contributed by atoms with Gasteiger partial charge in [-0.2, -0.15) is 0 Å². The lowest BCUT2D eigenvalue weighted by molar-refractivity contribution is 0.473. The maximum atomic E-state index is 11.9. The summed E-state index contributed by atoms with van der Waals surface area (Å²) >= 11 is 0. The van der Waals surface area contributed by atoms with Crippen LogP contribution >= 0.6 is 0 Å². The number of hydrogen-bond donors (Lipinski definition) is 1. The van der Waals surface area contributed by atoms with Crippen molar-refractivity contribution in [3.05, 3.63) is 35.4 Å². The number of nitrogens with two attached hydrogens (primary N) is 1. The molecular weight excluding hydrogens is 177 g/mol. The minimum absolute atomic E-state index is 0.201. The Morgan fingerprint density at radius 3 is 2.29 bits per heavy atom. The molecule has 1 aromatic carbocycles. The molecule has 1 nitrogen and oxygen atoms in total. The van der Waals surface area contributed by atoms with Crippen molar-refractivity contribution in [1.29, 1.82) is 0 Å². The zero-order chi connectivity index (χ0) is 10.4. The van der Waals surface area contributed by atoms with E-state index in [1.54, 1.807) is 0 Å². The van der Waals surface area contributed by atoms with Crippen LogP contribution < -0.4 is 5.73 Å². The zero-order valence-corrected chi connectivity index (χ0v) is 8.67. The van der Waals surface area contributed by atoms with Gasteiger partial charge in [0.2, 0.25) is 0 Å². The van der Waals surface area contributed by atoms with Gasteiger partial charge in [0.1, 0.15) is 0 Å².